The summed E-state index contributed by atoms with van der Waals surface area (Å²) in [7, 11) is 0. The third-order valence-electron chi connectivity index (χ3n) is 4.44. The number of hydrogen-bond donors (Lipinski definition) is 2. The van der Waals surface area contributed by atoms with Gasteiger partial charge in [0.1, 0.15) is 16.8 Å². The number of hydrogen-bond acceptors (Lipinski definition) is 6. The Kier molecular flexibility index (Phi) is 6.77. The lowest BCUT2D eigenvalue weighted by Crippen LogP contribution is -2.35. The number of nitrogen functional groups attached to an aromatic ring is 1. The van der Waals surface area contributed by atoms with Crippen molar-refractivity contribution in [3.05, 3.63) is 24.4 Å². The van der Waals surface area contributed by atoms with Gasteiger partial charge in [-0.05, 0) is 40.0 Å². The topological polar surface area (TPSA) is 86.0 Å². The largest absolute Gasteiger partial charge is 0.492 e. The van der Waals surface area contributed by atoms with Crippen LogP contribution in [-0.4, -0.2) is 27.1 Å². The fourth-order valence-corrected chi connectivity index (χ4v) is 2.94. The molecule has 1 atom stereocenters. The van der Waals surface area contributed by atoms with E-state index in [9.17, 15) is 0 Å². The summed E-state index contributed by atoms with van der Waals surface area (Å²) in [4.78, 5) is 13.3. The number of ether oxygens (including phenoxy) is 1. The molecule has 2 heterocycles. The molecule has 0 saturated carbocycles. The summed E-state index contributed by atoms with van der Waals surface area (Å²) >= 11 is 0. The van der Waals surface area contributed by atoms with Gasteiger partial charge in [0, 0.05) is 11.6 Å². The average Bonchev–Trinajstić information content (AvgIpc) is 2.58. The lowest BCUT2D eigenvalue weighted by molar-refractivity contribution is 0.339. The summed E-state index contributed by atoms with van der Waals surface area (Å²) < 4.78 is 5.52. The van der Waals surface area contributed by atoms with Gasteiger partial charge in [-0.25, -0.2) is 9.97 Å². The number of nitrogens with zero attached hydrogens (tertiary/aromatic N) is 3. The predicted octanol–water partition coefficient (Wildman–Crippen LogP) is 4.72. The van der Waals surface area contributed by atoms with Crippen molar-refractivity contribution in [2.45, 2.75) is 65.3 Å². The minimum absolute atomic E-state index is 0.108. The van der Waals surface area contributed by atoms with Crippen molar-refractivity contribution in [1.29, 1.82) is 0 Å². The van der Waals surface area contributed by atoms with Gasteiger partial charge in [0.05, 0.1) is 12.8 Å². The lowest BCUT2D eigenvalue weighted by atomic mass is 9.88. The third-order valence-corrected chi connectivity index (χ3v) is 4.44. The van der Waals surface area contributed by atoms with E-state index >= 15 is 0 Å². The third kappa shape index (κ3) is 5.31. The Labute approximate surface area is 156 Å². The summed E-state index contributed by atoms with van der Waals surface area (Å²) in [6, 6.07) is 1.85. The molecular weight excluding hydrogens is 326 g/mol. The van der Waals surface area contributed by atoms with Gasteiger partial charge in [-0.2, -0.15) is 4.98 Å². The van der Waals surface area contributed by atoms with Crippen LogP contribution in [0.1, 0.15) is 59.8 Å². The van der Waals surface area contributed by atoms with Gasteiger partial charge in [-0.1, -0.05) is 25.3 Å². The molecule has 26 heavy (non-hydrogen) atoms. The molecule has 0 radical (unpaired) electrons. The molecule has 0 unspecified atom stereocenters. The first-order chi connectivity index (χ1) is 12.4. The van der Waals surface area contributed by atoms with E-state index in [4.69, 9.17) is 10.5 Å². The highest BCUT2D eigenvalue weighted by Crippen LogP contribution is 2.30. The molecule has 0 amide bonds. The zero-order valence-corrected chi connectivity index (χ0v) is 16.4. The molecular formula is C20H31N5O. The van der Waals surface area contributed by atoms with Crippen molar-refractivity contribution in [2.75, 3.05) is 17.7 Å². The van der Waals surface area contributed by atoms with Gasteiger partial charge in [-0.15, -0.1) is 6.58 Å². The van der Waals surface area contributed by atoms with Gasteiger partial charge >= 0.3 is 0 Å². The fraction of sp³-hybridized carbons (Fsp3) is 0.550. The molecule has 6 heteroatoms. The van der Waals surface area contributed by atoms with Crippen molar-refractivity contribution in [3.8, 4) is 5.75 Å². The van der Waals surface area contributed by atoms with E-state index in [0.29, 0.717) is 29.2 Å². The molecule has 2 aromatic rings. The Bertz CT molecular complexity index is 761. The van der Waals surface area contributed by atoms with Crippen molar-refractivity contribution >= 4 is 22.8 Å². The van der Waals surface area contributed by atoms with Gasteiger partial charge in [0.2, 0.25) is 5.95 Å². The van der Waals surface area contributed by atoms with Crippen molar-refractivity contribution in [2.24, 2.45) is 0 Å². The number of nitrogens with one attached hydrogen (secondary N) is 1. The smallest absolute Gasteiger partial charge is 0.222 e. The second-order valence-corrected chi connectivity index (χ2v) is 7.15. The maximum atomic E-state index is 5.94. The molecule has 0 aliphatic rings. The molecule has 0 aliphatic heterocycles. The van der Waals surface area contributed by atoms with E-state index in [1.807, 2.05) is 13.0 Å². The normalized spacial score (nSPS) is 13.4. The highest BCUT2D eigenvalue weighted by molar-refractivity contribution is 5.87. The van der Waals surface area contributed by atoms with Gasteiger partial charge in [0.15, 0.2) is 5.82 Å². The Balaban J connectivity index is 2.37. The second kappa shape index (κ2) is 8.83. The van der Waals surface area contributed by atoms with Gasteiger partial charge in [-0.3, -0.25) is 0 Å². The van der Waals surface area contributed by atoms with Crippen LogP contribution in [-0.2, 0) is 0 Å². The Hall–Kier alpha value is -2.37. The number of aromatic nitrogens is 3. The number of nitrogens with two attached hydrogens (primary N) is 1. The van der Waals surface area contributed by atoms with Gasteiger partial charge < -0.3 is 15.8 Å². The first kappa shape index (κ1) is 19.9. The molecule has 0 fully saturated rings. The van der Waals surface area contributed by atoms with E-state index in [2.05, 4.69) is 47.6 Å². The summed E-state index contributed by atoms with van der Waals surface area (Å²) in [5, 5.41) is 3.61. The number of unbranched alkanes of at least 4 members (excludes halogenated alkanes) is 1. The number of rotatable bonds is 10. The number of allylic oxidation sites excluding steroid dienone is 1. The Morgan fingerprint density at radius 2 is 2.08 bits per heavy atom. The Morgan fingerprint density at radius 3 is 2.73 bits per heavy atom. The summed E-state index contributed by atoms with van der Waals surface area (Å²) in [5.41, 5.74) is 8.41. The zero-order chi connectivity index (χ0) is 19.2. The average molecular weight is 358 g/mol. The van der Waals surface area contributed by atoms with Crippen molar-refractivity contribution < 1.29 is 4.74 Å². The maximum Gasteiger partial charge on any atom is 0.222 e. The molecule has 3 N–H and O–H groups in total. The van der Waals surface area contributed by atoms with Crippen molar-refractivity contribution in [3.63, 3.8) is 0 Å². The molecule has 0 aromatic carbocycles. The van der Waals surface area contributed by atoms with E-state index < -0.39 is 0 Å². The number of pyridine rings is 1. The van der Waals surface area contributed by atoms with Crippen LogP contribution in [0.4, 0.5) is 11.8 Å². The standard InChI is InChI=1S/C20H31N5O/c1-6-8-10-20(5,11-9-14(3)4)25-18-17-16(23-19(21)24-18)12-15(13-22-17)26-7-2/h12-13H,3,6-11H2,1-2,4-5H3,(H3,21,23,24,25)/t20-/m1/s1. The van der Waals surface area contributed by atoms with E-state index in [1.165, 1.54) is 5.57 Å². The highest BCUT2D eigenvalue weighted by atomic mass is 16.5. The SMILES string of the molecule is C=C(C)CC[C@@](C)(CCCC)Nc1nc(N)nc2cc(OCC)cnc12. The minimum Gasteiger partial charge on any atom is -0.492 e. The van der Waals surface area contributed by atoms with Crippen LogP contribution in [0.15, 0.2) is 24.4 Å². The van der Waals surface area contributed by atoms with Crippen LogP contribution in [0.3, 0.4) is 0 Å². The number of fused-ring (bicyclic) bond motifs is 1. The van der Waals surface area contributed by atoms with E-state index in [0.717, 1.165) is 32.1 Å². The number of anilines is 2. The fourth-order valence-electron chi connectivity index (χ4n) is 2.94. The summed E-state index contributed by atoms with van der Waals surface area (Å²) in [6.45, 7) is 13.0. The Morgan fingerprint density at radius 1 is 1.31 bits per heavy atom. The molecule has 142 valence electrons. The molecule has 0 aliphatic carbocycles. The van der Waals surface area contributed by atoms with Crippen LogP contribution >= 0.6 is 0 Å². The van der Waals surface area contributed by atoms with Crippen LogP contribution in [0.5, 0.6) is 5.75 Å². The van der Waals surface area contributed by atoms with E-state index in [-0.39, 0.29) is 11.5 Å². The van der Waals surface area contributed by atoms with Gasteiger partial charge in [0.25, 0.3) is 0 Å². The zero-order valence-electron chi connectivity index (χ0n) is 16.4. The summed E-state index contributed by atoms with van der Waals surface area (Å²) in [5.74, 6) is 1.59. The second-order valence-electron chi connectivity index (χ2n) is 7.15. The van der Waals surface area contributed by atoms with E-state index in [1.54, 1.807) is 6.20 Å². The quantitative estimate of drug-likeness (QED) is 0.598. The monoisotopic (exact) mass is 357 g/mol. The lowest BCUT2D eigenvalue weighted by Gasteiger charge is -2.32. The molecule has 2 rings (SSSR count). The van der Waals surface area contributed by atoms with Crippen LogP contribution < -0.4 is 15.8 Å². The molecule has 2 aromatic heterocycles. The maximum absolute atomic E-state index is 5.94. The summed E-state index contributed by atoms with van der Waals surface area (Å²) in [6.07, 6.45) is 6.97. The molecule has 0 spiro atoms. The predicted molar refractivity (Wildman–Crippen MR) is 109 cm³/mol. The highest BCUT2D eigenvalue weighted by Gasteiger charge is 2.25. The molecule has 0 saturated heterocycles. The molecule has 6 nitrogen and oxygen atoms in total. The van der Waals surface area contributed by atoms with Crippen molar-refractivity contribution in [1.82, 2.24) is 15.0 Å². The first-order valence-electron chi connectivity index (χ1n) is 9.35. The minimum atomic E-state index is -0.108. The van der Waals surface area contributed by atoms with Crippen LogP contribution in [0.25, 0.3) is 11.0 Å². The molecule has 0 bridgehead atoms. The van der Waals surface area contributed by atoms with Crippen LogP contribution in [0.2, 0.25) is 0 Å². The first-order valence-corrected chi connectivity index (χ1v) is 9.35. The van der Waals surface area contributed by atoms with Crippen LogP contribution in [0, 0.1) is 0 Å².